The van der Waals surface area contributed by atoms with E-state index in [0.717, 1.165) is 45.5 Å². The fraction of sp³-hybridized carbons (Fsp3) is 0.152. The Kier molecular flexibility index (Phi) is 6.62. The van der Waals surface area contributed by atoms with E-state index in [1.165, 1.54) is 11.4 Å². The molecule has 4 aromatic carbocycles. The highest BCUT2D eigenvalue weighted by Crippen LogP contribution is 2.42. The number of carbonyl (C=O) groups excluding carboxylic acids is 1. The summed E-state index contributed by atoms with van der Waals surface area (Å²) < 4.78 is 35.2. The van der Waals surface area contributed by atoms with Gasteiger partial charge in [-0.05, 0) is 49.7 Å². The number of fused-ring (bicyclic) bond motifs is 2. The molecule has 0 unspecified atom stereocenters. The van der Waals surface area contributed by atoms with Crippen LogP contribution in [0.3, 0.4) is 0 Å². The van der Waals surface area contributed by atoms with Crippen molar-refractivity contribution in [3.8, 4) is 28.1 Å². The maximum absolute atomic E-state index is 13.3. The minimum absolute atomic E-state index is 0.298. The number of rotatable bonds is 6. The van der Waals surface area contributed by atoms with Crippen molar-refractivity contribution in [2.75, 3.05) is 24.7 Å². The highest BCUT2D eigenvalue weighted by molar-refractivity contribution is 7.92. The molecule has 0 saturated carbocycles. The zero-order valence-corrected chi connectivity index (χ0v) is 24.8. The fourth-order valence-electron chi connectivity index (χ4n) is 5.33. The zero-order valence-electron chi connectivity index (χ0n) is 24.0. The van der Waals surface area contributed by atoms with Gasteiger partial charge >= 0.3 is 0 Å². The number of aryl methyl sites for hydroxylation is 2. The minimum Gasteiger partial charge on any atom is -0.455 e. The summed E-state index contributed by atoms with van der Waals surface area (Å²) in [6.45, 7) is 3.94. The van der Waals surface area contributed by atoms with Crippen LogP contribution in [0.15, 0.2) is 89.3 Å². The van der Waals surface area contributed by atoms with Crippen molar-refractivity contribution in [2.24, 2.45) is 0 Å². The van der Waals surface area contributed by atoms with Crippen molar-refractivity contribution < 1.29 is 17.6 Å². The maximum atomic E-state index is 13.3. The SMILES string of the molecule is CNC(=O)c1c(-c2ccc(C)cc2)oc2cc(N(C)S(C)(=O)=O)c(-c3ccc4nc(C)n(-c5ccccc5)c4c3)cc12. The molecule has 0 spiro atoms. The Bertz CT molecular complexity index is 2090. The average molecular weight is 579 g/mol. The van der Waals surface area contributed by atoms with E-state index in [-0.39, 0.29) is 5.91 Å². The Morgan fingerprint density at radius 2 is 1.62 bits per heavy atom. The van der Waals surface area contributed by atoms with Crippen molar-refractivity contribution in [2.45, 2.75) is 13.8 Å². The van der Waals surface area contributed by atoms with Crippen molar-refractivity contribution in [1.29, 1.82) is 0 Å². The van der Waals surface area contributed by atoms with Gasteiger partial charge in [0, 0.05) is 42.4 Å². The molecule has 2 aromatic heterocycles. The third-order valence-corrected chi connectivity index (χ3v) is 8.75. The quantitative estimate of drug-likeness (QED) is 0.244. The van der Waals surface area contributed by atoms with E-state index in [1.807, 2.05) is 92.7 Å². The number of hydrogen-bond donors (Lipinski definition) is 1. The van der Waals surface area contributed by atoms with Crippen molar-refractivity contribution in [3.63, 3.8) is 0 Å². The van der Waals surface area contributed by atoms with Crippen LogP contribution in [0, 0.1) is 13.8 Å². The molecule has 2 heterocycles. The average Bonchev–Trinajstić information content (AvgIpc) is 3.52. The van der Waals surface area contributed by atoms with Gasteiger partial charge in [0.25, 0.3) is 5.91 Å². The Morgan fingerprint density at radius 3 is 2.29 bits per heavy atom. The molecule has 42 heavy (non-hydrogen) atoms. The van der Waals surface area contributed by atoms with E-state index in [1.54, 1.807) is 13.1 Å². The van der Waals surface area contributed by atoms with Crippen molar-refractivity contribution in [3.05, 3.63) is 102 Å². The second-order valence-corrected chi connectivity index (χ2v) is 12.4. The number of carbonyl (C=O) groups is 1. The van der Waals surface area contributed by atoms with Gasteiger partial charge in [-0.25, -0.2) is 13.4 Å². The molecule has 0 saturated heterocycles. The number of amides is 1. The lowest BCUT2D eigenvalue weighted by atomic mass is 9.98. The summed E-state index contributed by atoms with van der Waals surface area (Å²) in [6.07, 6.45) is 1.16. The zero-order chi connectivity index (χ0) is 29.8. The van der Waals surface area contributed by atoms with Crippen LogP contribution >= 0.6 is 0 Å². The van der Waals surface area contributed by atoms with Crippen LogP contribution in [-0.2, 0) is 10.0 Å². The van der Waals surface area contributed by atoms with Crippen molar-refractivity contribution in [1.82, 2.24) is 14.9 Å². The molecule has 0 atom stereocenters. The highest BCUT2D eigenvalue weighted by Gasteiger charge is 2.26. The molecule has 6 rings (SSSR count). The van der Waals surface area contributed by atoms with Gasteiger partial charge in [-0.15, -0.1) is 0 Å². The van der Waals surface area contributed by atoms with Crippen LogP contribution in [0.25, 0.3) is 50.1 Å². The molecule has 0 aliphatic heterocycles. The summed E-state index contributed by atoms with van der Waals surface area (Å²) in [6, 6.07) is 27.1. The van der Waals surface area contributed by atoms with Gasteiger partial charge in [0.1, 0.15) is 17.2 Å². The smallest absolute Gasteiger partial charge is 0.255 e. The molecule has 1 N–H and O–H groups in total. The van der Waals surface area contributed by atoms with Gasteiger partial charge in [0.2, 0.25) is 10.0 Å². The molecule has 1 amide bonds. The number of furan rings is 1. The minimum atomic E-state index is -3.63. The van der Waals surface area contributed by atoms with Gasteiger partial charge in [-0.2, -0.15) is 0 Å². The number of para-hydroxylation sites is 1. The number of hydrogen-bond acceptors (Lipinski definition) is 5. The molecule has 0 aliphatic carbocycles. The number of imidazole rings is 1. The van der Waals surface area contributed by atoms with E-state index >= 15 is 0 Å². The van der Waals surface area contributed by atoms with Crippen molar-refractivity contribution >= 4 is 43.6 Å². The van der Waals surface area contributed by atoms with Gasteiger partial charge in [-0.1, -0.05) is 54.1 Å². The lowest BCUT2D eigenvalue weighted by Gasteiger charge is -2.21. The summed E-state index contributed by atoms with van der Waals surface area (Å²) in [7, 11) is -0.540. The van der Waals surface area contributed by atoms with Gasteiger partial charge in [0.15, 0.2) is 0 Å². The first-order valence-electron chi connectivity index (χ1n) is 13.5. The second kappa shape index (κ2) is 10.2. The van der Waals surface area contributed by atoms with Crippen LogP contribution in [0.5, 0.6) is 0 Å². The number of nitrogens with zero attached hydrogens (tertiary/aromatic N) is 3. The standard InChI is InChI=1S/C33H30N4O4S/c1-20-11-13-22(14-12-20)32-31(33(38)34-3)26-18-25(28(19-30(26)41-32)36(4)42(5,39)40)23-15-16-27-29(17-23)37(21(2)35-27)24-9-7-6-8-10-24/h6-19H,1-5H3,(H,34,38). The van der Waals surface area contributed by atoms with E-state index in [9.17, 15) is 13.2 Å². The molecule has 6 aromatic rings. The molecule has 8 nitrogen and oxygen atoms in total. The number of benzene rings is 4. The Hall–Kier alpha value is -4.89. The summed E-state index contributed by atoms with van der Waals surface area (Å²) >= 11 is 0. The first-order chi connectivity index (χ1) is 20.1. The molecule has 0 fully saturated rings. The molecular formula is C33H30N4O4S. The molecule has 212 valence electrons. The Balaban J connectivity index is 1.66. The number of aromatic nitrogens is 2. The van der Waals surface area contributed by atoms with Crippen LogP contribution in [0.4, 0.5) is 5.69 Å². The second-order valence-electron chi connectivity index (χ2n) is 10.4. The number of sulfonamides is 1. The van der Waals surface area contributed by atoms with Gasteiger partial charge < -0.3 is 9.73 Å². The van der Waals surface area contributed by atoms with Crippen LogP contribution in [0.2, 0.25) is 0 Å². The number of anilines is 1. The highest BCUT2D eigenvalue weighted by atomic mass is 32.2. The molecule has 0 radical (unpaired) electrons. The fourth-order valence-corrected chi connectivity index (χ4v) is 5.84. The van der Waals surface area contributed by atoms with Crippen LogP contribution < -0.4 is 9.62 Å². The Labute approximate surface area is 244 Å². The summed E-state index contributed by atoms with van der Waals surface area (Å²) in [5.41, 5.74) is 7.12. The lowest BCUT2D eigenvalue weighted by Crippen LogP contribution is -2.25. The topological polar surface area (TPSA) is 97.4 Å². The molecular weight excluding hydrogens is 548 g/mol. The van der Waals surface area contributed by atoms with Gasteiger partial charge in [0.05, 0.1) is 28.5 Å². The normalized spacial score (nSPS) is 11.7. The maximum Gasteiger partial charge on any atom is 0.255 e. The summed E-state index contributed by atoms with van der Waals surface area (Å²) in [5, 5.41) is 3.32. The van der Waals surface area contributed by atoms with Crippen LogP contribution in [-0.4, -0.2) is 44.2 Å². The third-order valence-electron chi connectivity index (χ3n) is 7.56. The van der Waals surface area contributed by atoms with E-state index < -0.39 is 10.0 Å². The molecule has 0 aliphatic rings. The van der Waals surface area contributed by atoms with Crippen LogP contribution in [0.1, 0.15) is 21.7 Å². The Morgan fingerprint density at radius 1 is 0.929 bits per heavy atom. The number of nitrogens with one attached hydrogen (secondary N) is 1. The first-order valence-corrected chi connectivity index (χ1v) is 15.3. The largest absolute Gasteiger partial charge is 0.455 e. The summed E-state index contributed by atoms with van der Waals surface area (Å²) in [4.78, 5) is 18.0. The lowest BCUT2D eigenvalue weighted by molar-refractivity contribution is 0.0964. The predicted octanol–water partition coefficient (Wildman–Crippen LogP) is 6.48. The predicted molar refractivity (Wildman–Crippen MR) is 168 cm³/mol. The first kappa shape index (κ1) is 27.3. The monoisotopic (exact) mass is 578 g/mol. The van der Waals surface area contributed by atoms with E-state index in [4.69, 9.17) is 9.40 Å². The third kappa shape index (κ3) is 4.61. The molecule has 0 bridgehead atoms. The van der Waals surface area contributed by atoms with E-state index in [0.29, 0.717) is 33.5 Å². The van der Waals surface area contributed by atoms with Gasteiger partial charge in [-0.3, -0.25) is 13.7 Å². The van der Waals surface area contributed by atoms with E-state index in [2.05, 4.69) is 9.88 Å². The molecule has 9 heteroatoms. The summed E-state index contributed by atoms with van der Waals surface area (Å²) in [5.74, 6) is 0.951.